The van der Waals surface area contributed by atoms with E-state index < -0.39 is 0 Å². The third-order valence-electron chi connectivity index (χ3n) is 4.92. The molecule has 0 bridgehead atoms. The number of halogens is 1. The van der Waals surface area contributed by atoms with E-state index in [4.69, 9.17) is 0 Å². The standard InChI is InChI=1S/C19H19FN2O/c20-15-8-2-1-6-13(15)12-22-18-11-4-3-9-17(18)21-16-10-5-7-14(16)19(22)23/h1-4,6,8-9,11,14,16,21H,5,7,10,12H2. The summed E-state index contributed by atoms with van der Waals surface area (Å²) in [5.74, 6) is -0.180. The van der Waals surface area contributed by atoms with E-state index in [9.17, 15) is 9.18 Å². The van der Waals surface area contributed by atoms with Crippen LogP contribution >= 0.6 is 0 Å². The minimum atomic E-state index is -0.266. The Bertz CT molecular complexity index is 746. The molecule has 0 saturated heterocycles. The molecule has 0 aromatic heterocycles. The first-order chi connectivity index (χ1) is 11.2. The van der Waals surface area contributed by atoms with Gasteiger partial charge in [0.05, 0.1) is 23.8 Å². The van der Waals surface area contributed by atoms with Crippen molar-refractivity contribution in [1.29, 1.82) is 0 Å². The molecule has 1 heterocycles. The van der Waals surface area contributed by atoms with Crippen LogP contribution in [0, 0.1) is 11.7 Å². The van der Waals surface area contributed by atoms with E-state index in [1.807, 2.05) is 30.3 Å². The Labute approximate surface area is 135 Å². The van der Waals surface area contributed by atoms with Gasteiger partial charge in [0.1, 0.15) is 5.82 Å². The molecule has 4 rings (SSSR count). The predicted molar refractivity (Wildman–Crippen MR) is 88.8 cm³/mol. The van der Waals surface area contributed by atoms with Crippen LogP contribution < -0.4 is 10.2 Å². The van der Waals surface area contributed by atoms with Crippen LogP contribution in [0.4, 0.5) is 15.8 Å². The molecule has 1 saturated carbocycles. The summed E-state index contributed by atoms with van der Waals surface area (Å²) in [6.07, 6.45) is 2.97. The number of hydrogen-bond donors (Lipinski definition) is 1. The van der Waals surface area contributed by atoms with Gasteiger partial charge in [-0.25, -0.2) is 4.39 Å². The van der Waals surface area contributed by atoms with Gasteiger partial charge in [0.25, 0.3) is 0 Å². The summed E-state index contributed by atoms with van der Waals surface area (Å²) in [5, 5.41) is 3.53. The summed E-state index contributed by atoms with van der Waals surface area (Å²) >= 11 is 0. The topological polar surface area (TPSA) is 32.3 Å². The Morgan fingerprint density at radius 1 is 1.09 bits per heavy atom. The van der Waals surface area contributed by atoms with Crippen LogP contribution in [0.3, 0.4) is 0 Å². The lowest BCUT2D eigenvalue weighted by Crippen LogP contribution is -2.38. The molecule has 1 aliphatic heterocycles. The van der Waals surface area contributed by atoms with Crippen LogP contribution in [0.15, 0.2) is 48.5 Å². The summed E-state index contributed by atoms with van der Waals surface area (Å²) in [6.45, 7) is 0.271. The van der Waals surface area contributed by atoms with Crippen molar-refractivity contribution in [3.05, 3.63) is 59.9 Å². The van der Waals surface area contributed by atoms with Crippen LogP contribution in [0.2, 0.25) is 0 Å². The number of fused-ring (bicyclic) bond motifs is 2. The van der Waals surface area contributed by atoms with Gasteiger partial charge in [-0.15, -0.1) is 0 Å². The molecule has 2 aliphatic rings. The first-order valence-electron chi connectivity index (χ1n) is 8.14. The van der Waals surface area contributed by atoms with Crippen molar-refractivity contribution in [1.82, 2.24) is 0 Å². The number of nitrogens with one attached hydrogen (secondary N) is 1. The van der Waals surface area contributed by atoms with Gasteiger partial charge in [-0.1, -0.05) is 36.8 Å². The Morgan fingerprint density at radius 2 is 1.87 bits per heavy atom. The SMILES string of the molecule is O=C1C2CCCC2Nc2ccccc2N1Cc1ccccc1F. The van der Waals surface area contributed by atoms with Gasteiger partial charge < -0.3 is 10.2 Å². The van der Waals surface area contributed by atoms with E-state index in [2.05, 4.69) is 5.32 Å². The summed E-state index contributed by atoms with van der Waals surface area (Å²) in [5.41, 5.74) is 2.36. The Kier molecular flexibility index (Phi) is 3.52. The number of amides is 1. The van der Waals surface area contributed by atoms with Crippen molar-refractivity contribution in [2.75, 3.05) is 10.2 Å². The maximum atomic E-state index is 14.1. The molecule has 1 amide bonds. The number of carbonyl (C=O) groups is 1. The molecule has 0 spiro atoms. The van der Waals surface area contributed by atoms with E-state index in [0.29, 0.717) is 5.56 Å². The molecule has 1 fully saturated rings. The van der Waals surface area contributed by atoms with E-state index in [-0.39, 0.29) is 30.2 Å². The third kappa shape index (κ3) is 2.48. The average molecular weight is 310 g/mol. The van der Waals surface area contributed by atoms with Crippen LogP contribution in [0.5, 0.6) is 0 Å². The number of benzene rings is 2. The molecule has 4 heteroatoms. The van der Waals surface area contributed by atoms with Crippen molar-refractivity contribution >= 4 is 17.3 Å². The molecule has 3 nitrogen and oxygen atoms in total. The van der Waals surface area contributed by atoms with Gasteiger partial charge in [0.15, 0.2) is 0 Å². The largest absolute Gasteiger partial charge is 0.380 e. The van der Waals surface area contributed by atoms with Gasteiger partial charge in [-0.3, -0.25) is 4.79 Å². The van der Waals surface area contributed by atoms with Crippen molar-refractivity contribution in [3.63, 3.8) is 0 Å². The van der Waals surface area contributed by atoms with Gasteiger partial charge in [-0.05, 0) is 31.0 Å². The second-order valence-corrected chi connectivity index (χ2v) is 6.32. The molecule has 2 atom stereocenters. The minimum Gasteiger partial charge on any atom is -0.380 e. The van der Waals surface area contributed by atoms with Crippen molar-refractivity contribution in [3.8, 4) is 0 Å². The number of hydrogen-bond acceptors (Lipinski definition) is 2. The quantitative estimate of drug-likeness (QED) is 0.911. The highest BCUT2D eigenvalue weighted by Gasteiger charge is 2.39. The predicted octanol–water partition coefficient (Wildman–Crippen LogP) is 3.95. The highest BCUT2D eigenvalue weighted by molar-refractivity contribution is 6.00. The molecule has 2 aromatic rings. The Hall–Kier alpha value is -2.36. The van der Waals surface area contributed by atoms with Crippen LogP contribution in [-0.2, 0) is 11.3 Å². The summed E-state index contributed by atoms with van der Waals surface area (Å²) < 4.78 is 14.1. The molecule has 118 valence electrons. The van der Waals surface area contributed by atoms with Gasteiger partial charge >= 0.3 is 0 Å². The number of nitrogens with zero attached hydrogens (tertiary/aromatic N) is 1. The molecular formula is C19H19FN2O. The van der Waals surface area contributed by atoms with Crippen LogP contribution in [-0.4, -0.2) is 11.9 Å². The van der Waals surface area contributed by atoms with Crippen molar-refractivity contribution in [2.24, 2.45) is 5.92 Å². The van der Waals surface area contributed by atoms with E-state index in [1.54, 1.807) is 17.0 Å². The number of para-hydroxylation sites is 2. The van der Waals surface area contributed by atoms with Gasteiger partial charge in [0.2, 0.25) is 5.91 Å². The first kappa shape index (κ1) is 14.2. The average Bonchev–Trinajstić information content (AvgIpc) is 2.99. The zero-order valence-electron chi connectivity index (χ0n) is 12.8. The molecule has 2 aromatic carbocycles. The number of rotatable bonds is 2. The normalized spacial score (nSPS) is 23.0. The Morgan fingerprint density at radius 3 is 2.74 bits per heavy atom. The lowest BCUT2D eigenvalue weighted by Gasteiger charge is -2.25. The minimum absolute atomic E-state index is 0.0193. The maximum Gasteiger partial charge on any atom is 0.232 e. The number of carbonyl (C=O) groups excluding carboxylic acids is 1. The number of anilines is 2. The smallest absolute Gasteiger partial charge is 0.232 e. The Balaban J connectivity index is 1.76. The second-order valence-electron chi connectivity index (χ2n) is 6.32. The fourth-order valence-electron chi connectivity index (χ4n) is 3.74. The lowest BCUT2D eigenvalue weighted by atomic mass is 10.0. The zero-order valence-corrected chi connectivity index (χ0v) is 12.8. The third-order valence-corrected chi connectivity index (χ3v) is 4.92. The van der Waals surface area contributed by atoms with Gasteiger partial charge in [-0.2, -0.15) is 0 Å². The fraction of sp³-hybridized carbons (Fsp3) is 0.316. The molecule has 2 unspecified atom stereocenters. The fourth-order valence-corrected chi connectivity index (χ4v) is 3.74. The highest BCUT2D eigenvalue weighted by atomic mass is 19.1. The summed E-state index contributed by atoms with van der Waals surface area (Å²) in [7, 11) is 0. The molecular weight excluding hydrogens is 291 g/mol. The molecule has 0 radical (unpaired) electrons. The van der Waals surface area contributed by atoms with Crippen LogP contribution in [0.25, 0.3) is 0 Å². The molecule has 1 aliphatic carbocycles. The highest BCUT2D eigenvalue weighted by Crippen LogP contribution is 2.39. The second kappa shape index (κ2) is 5.69. The van der Waals surface area contributed by atoms with E-state index in [1.165, 1.54) is 6.07 Å². The summed E-state index contributed by atoms with van der Waals surface area (Å²) in [4.78, 5) is 14.8. The van der Waals surface area contributed by atoms with Crippen LogP contribution in [0.1, 0.15) is 24.8 Å². The van der Waals surface area contributed by atoms with Crippen molar-refractivity contribution < 1.29 is 9.18 Å². The zero-order chi connectivity index (χ0) is 15.8. The lowest BCUT2D eigenvalue weighted by molar-refractivity contribution is -0.122. The molecule has 1 N–H and O–H groups in total. The first-order valence-corrected chi connectivity index (χ1v) is 8.14. The van der Waals surface area contributed by atoms with Crippen molar-refractivity contribution in [2.45, 2.75) is 31.8 Å². The summed E-state index contributed by atoms with van der Waals surface area (Å²) in [6, 6.07) is 14.7. The molecule has 23 heavy (non-hydrogen) atoms. The maximum absolute atomic E-state index is 14.1. The van der Waals surface area contributed by atoms with E-state index >= 15 is 0 Å². The van der Waals surface area contributed by atoms with Gasteiger partial charge in [0, 0.05) is 11.6 Å². The monoisotopic (exact) mass is 310 g/mol. The van der Waals surface area contributed by atoms with E-state index in [0.717, 1.165) is 30.6 Å².